The molecule has 1 N–H and O–H groups in total. The number of rotatable bonds is 4. The van der Waals surface area contributed by atoms with Crippen molar-refractivity contribution in [1.29, 1.82) is 0 Å². The number of hydrogen-bond acceptors (Lipinski definition) is 6. The van der Waals surface area contributed by atoms with Gasteiger partial charge in [-0.25, -0.2) is 8.42 Å². The van der Waals surface area contributed by atoms with Gasteiger partial charge >= 0.3 is 0 Å². The van der Waals surface area contributed by atoms with Crippen LogP contribution in [0.1, 0.15) is 12.0 Å². The summed E-state index contributed by atoms with van der Waals surface area (Å²) in [7, 11) is -3.08. The molecule has 0 aliphatic carbocycles. The Morgan fingerprint density at radius 3 is 2.88 bits per heavy atom. The molecule has 2 aliphatic rings. The van der Waals surface area contributed by atoms with Gasteiger partial charge in [0.05, 0.1) is 16.4 Å². The van der Waals surface area contributed by atoms with Crippen LogP contribution in [-0.4, -0.2) is 53.5 Å². The van der Waals surface area contributed by atoms with Gasteiger partial charge in [0.1, 0.15) is 10.9 Å². The van der Waals surface area contributed by atoms with Gasteiger partial charge in [-0.2, -0.15) is 0 Å². The van der Waals surface area contributed by atoms with Crippen molar-refractivity contribution >= 4 is 67.6 Å². The van der Waals surface area contributed by atoms with E-state index in [1.807, 2.05) is 6.07 Å². The summed E-state index contributed by atoms with van der Waals surface area (Å²) < 4.78 is 23.2. The Balaban J connectivity index is 1.65. The summed E-state index contributed by atoms with van der Waals surface area (Å²) in [6.45, 7) is -0.228. The van der Waals surface area contributed by atoms with Crippen LogP contribution in [0.25, 0.3) is 6.08 Å². The molecule has 0 saturated carbocycles. The van der Waals surface area contributed by atoms with Crippen molar-refractivity contribution < 1.29 is 18.0 Å². The molecule has 138 valence electrons. The normalized spacial score (nSPS) is 23.7. The average Bonchev–Trinajstić information content (AvgIpc) is 3.01. The van der Waals surface area contributed by atoms with Crippen LogP contribution in [0.4, 0.5) is 0 Å². The van der Waals surface area contributed by atoms with Crippen LogP contribution < -0.4 is 5.32 Å². The molecule has 0 radical (unpaired) electrons. The van der Waals surface area contributed by atoms with Gasteiger partial charge in [0.15, 0.2) is 9.84 Å². The Labute approximate surface area is 165 Å². The largest absolute Gasteiger partial charge is 0.351 e. The quantitative estimate of drug-likeness (QED) is 0.579. The number of nitrogens with zero attached hydrogens (tertiary/aromatic N) is 1. The topological polar surface area (TPSA) is 83.6 Å². The predicted octanol–water partition coefficient (Wildman–Crippen LogP) is 1.84. The number of nitrogens with one attached hydrogen (secondary N) is 1. The first-order valence-corrected chi connectivity index (χ1v) is 11.2. The van der Waals surface area contributed by atoms with Gasteiger partial charge < -0.3 is 5.32 Å². The third-order valence-electron chi connectivity index (χ3n) is 3.92. The summed E-state index contributed by atoms with van der Waals surface area (Å²) in [5.41, 5.74) is 0.763. The molecule has 2 fully saturated rings. The standard InChI is InChI=1S/C16H15ClN2O4S3/c17-11-3-1-2-10(6-11)7-13-15(21)19(16(24)25-13)8-14(20)18-12-4-5-26(22,23)9-12/h1-3,6-7,12H,4-5,8-9H2,(H,18,20)/b13-7-/t12-/m1/s1. The van der Waals surface area contributed by atoms with Crippen LogP contribution in [0.2, 0.25) is 5.02 Å². The highest BCUT2D eigenvalue weighted by atomic mass is 35.5. The first-order chi connectivity index (χ1) is 12.2. The van der Waals surface area contributed by atoms with Crippen molar-refractivity contribution in [2.24, 2.45) is 0 Å². The summed E-state index contributed by atoms with van der Waals surface area (Å²) in [5, 5.41) is 3.21. The van der Waals surface area contributed by atoms with E-state index in [-0.39, 0.29) is 28.3 Å². The monoisotopic (exact) mass is 430 g/mol. The van der Waals surface area contributed by atoms with Crippen molar-refractivity contribution in [3.05, 3.63) is 39.8 Å². The third-order valence-corrected chi connectivity index (χ3v) is 7.30. The molecule has 3 rings (SSSR count). The number of sulfone groups is 1. The first kappa shape index (κ1) is 19.3. The van der Waals surface area contributed by atoms with Gasteiger partial charge in [-0.3, -0.25) is 14.5 Å². The lowest BCUT2D eigenvalue weighted by atomic mass is 10.2. The van der Waals surface area contributed by atoms with Gasteiger partial charge in [-0.1, -0.05) is 47.7 Å². The van der Waals surface area contributed by atoms with E-state index >= 15 is 0 Å². The van der Waals surface area contributed by atoms with Crippen molar-refractivity contribution in [2.75, 3.05) is 18.1 Å². The van der Waals surface area contributed by atoms with Crippen molar-refractivity contribution in [2.45, 2.75) is 12.5 Å². The Kier molecular flexibility index (Phi) is 5.71. The molecule has 1 aromatic carbocycles. The molecule has 2 heterocycles. The molecule has 0 unspecified atom stereocenters. The molecule has 0 aromatic heterocycles. The Morgan fingerprint density at radius 1 is 1.46 bits per heavy atom. The Hall–Kier alpha value is -1.42. The van der Waals surface area contributed by atoms with Gasteiger partial charge in [-0.05, 0) is 30.2 Å². The molecule has 2 aliphatic heterocycles. The smallest absolute Gasteiger partial charge is 0.266 e. The minimum absolute atomic E-state index is 0.0637. The summed E-state index contributed by atoms with van der Waals surface area (Å²) in [4.78, 5) is 26.3. The Bertz CT molecular complexity index is 914. The van der Waals surface area contributed by atoms with Crippen LogP contribution in [0.5, 0.6) is 0 Å². The second kappa shape index (κ2) is 7.67. The molecule has 6 nitrogen and oxygen atoms in total. The summed E-state index contributed by atoms with van der Waals surface area (Å²) in [5.74, 6) is -0.769. The van der Waals surface area contributed by atoms with Gasteiger partial charge in [0, 0.05) is 11.1 Å². The zero-order valence-corrected chi connectivity index (χ0v) is 16.7. The summed E-state index contributed by atoms with van der Waals surface area (Å²) >= 11 is 12.3. The molecule has 1 atom stereocenters. The lowest BCUT2D eigenvalue weighted by Gasteiger charge is -2.16. The number of thiocarbonyl (C=S) groups is 1. The van der Waals surface area contributed by atoms with Crippen LogP contribution in [0.3, 0.4) is 0 Å². The maximum absolute atomic E-state index is 12.5. The van der Waals surface area contributed by atoms with E-state index in [0.717, 1.165) is 17.3 Å². The number of hydrogen-bond donors (Lipinski definition) is 1. The van der Waals surface area contributed by atoms with Crippen LogP contribution in [-0.2, 0) is 19.4 Å². The SMILES string of the molecule is O=C(CN1C(=O)/C(=C/c2cccc(Cl)c2)SC1=S)N[C@@H]1CCS(=O)(=O)C1. The number of carbonyl (C=O) groups is 2. The van der Waals surface area contributed by atoms with E-state index in [1.54, 1.807) is 24.3 Å². The minimum atomic E-state index is -3.08. The van der Waals surface area contributed by atoms with Gasteiger partial charge in [0.2, 0.25) is 5.91 Å². The van der Waals surface area contributed by atoms with Crippen molar-refractivity contribution in [3.63, 3.8) is 0 Å². The first-order valence-electron chi connectivity index (χ1n) is 7.74. The van der Waals surface area contributed by atoms with Crippen molar-refractivity contribution in [1.82, 2.24) is 10.2 Å². The molecule has 10 heteroatoms. The summed E-state index contributed by atoms with van der Waals surface area (Å²) in [6.07, 6.45) is 2.06. The van der Waals surface area contributed by atoms with Crippen LogP contribution >= 0.6 is 35.6 Å². The average molecular weight is 431 g/mol. The number of amides is 2. The lowest BCUT2D eigenvalue weighted by molar-refractivity contribution is -0.129. The number of carbonyl (C=O) groups excluding carboxylic acids is 2. The number of benzene rings is 1. The van der Waals surface area contributed by atoms with E-state index in [2.05, 4.69) is 5.32 Å². The second-order valence-corrected chi connectivity index (χ2v) is 10.3. The molecular weight excluding hydrogens is 416 g/mol. The fourth-order valence-corrected chi connectivity index (χ4v) is 5.84. The molecular formula is C16H15ClN2O4S3. The molecule has 0 spiro atoms. The number of halogens is 1. The fourth-order valence-electron chi connectivity index (χ4n) is 2.71. The second-order valence-electron chi connectivity index (χ2n) is 5.99. The highest BCUT2D eigenvalue weighted by molar-refractivity contribution is 8.26. The maximum atomic E-state index is 12.5. The summed E-state index contributed by atoms with van der Waals surface area (Å²) in [6, 6.07) is 6.63. The van der Waals surface area contributed by atoms with Crippen LogP contribution in [0, 0.1) is 0 Å². The van der Waals surface area contributed by atoms with Gasteiger partial charge in [0.25, 0.3) is 5.91 Å². The minimum Gasteiger partial charge on any atom is -0.351 e. The molecule has 1 aromatic rings. The molecule has 26 heavy (non-hydrogen) atoms. The zero-order chi connectivity index (χ0) is 18.9. The molecule has 0 bridgehead atoms. The highest BCUT2D eigenvalue weighted by Crippen LogP contribution is 2.32. The van der Waals surface area contributed by atoms with Crippen LogP contribution in [0.15, 0.2) is 29.2 Å². The zero-order valence-electron chi connectivity index (χ0n) is 13.5. The Morgan fingerprint density at radius 2 is 2.23 bits per heavy atom. The van der Waals surface area contributed by atoms with E-state index in [9.17, 15) is 18.0 Å². The van der Waals surface area contributed by atoms with E-state index in [0.29, 0.717) is 16.3 Å². The highest BCUT2D eigenvalue weighted by Gasteiger charge is 2.35. The van der Waals surface area contributed by atoms with E-state index in [1.165, 1.54) is 4.90 Å². The number of thioether (sulfide) groups is 1. The molecule has 2 saturated heterocycles. The van der Waals surface area contributed by atoms with Gasteiger partial charge in [-0.15, -0.1) is 0 Å². The molecule has 2 amide bonds. The van der Waals surface area contributed by atoms with E-state index < -0.39 is 21.8 Å². The predicted molar refractivity (Wildman–Crippen MR) is 107 cm³/mol. The van der Waals surface area contributed by atoms with E-state index in [4.69, 9.17) is 23.8 Å². The maximum Gasteiger partial charge on any atom is 0.266 e. The fraction of sp³-hybridized carbons (Fsp3) is 0.312. The lowest BCUT2D eigenvalue weighted by Crippen LogP contribution is -2.43. The third kappa shape index (κ3) is 4.64. The van der Waals surface area contributed by atoms with Crippen molar-refractivity contribution in [3.8, 4) is 0 Å².